The summed E-state index contributed by atoms with van der Waals surface area (Å²) in [6.45, 7) is 0. The Morgan fingerprint density at radius 1 is 1.11 bits per heavy atom. The van der Waals surface area contributed by atoms with Crippen LogP contribution in [0.5, 0.6) is 0 Å². The third-order valence-corrected chi connectivity index (χ3v) is 3.85. The molecule has 0 fully saturated rings. The Labute approximate surface area is 155 Å². The van der Waals surface area contributed by atoms with Gasteiger partial charge in [-0.2, -0.15) is 0 Å². The van der Waals surface area contributed by atoms with E-state index in [0.717, 1.165) is 0 Å². The van der Waals surface area contributed by atoms with Gasteiger partial charge in [0.15, 0.2) is 0 Å². The first-order valence-electron chi connectivity index (χ1n) is 7.44. The number of hydrogen-bond acceptors (Lipinski definition) is 6. The first-order chi connectivity index (χ1) is 12.8. The highest BCUT2D eigenvalue weighted by Gasteiger charge is 2.16. The molecule has 3 amide bonds. The Bertz CT molecular complexity index is 1140. The molecular weight excluding hydrogens is 378 g/mol. The predicted molar refractivity (Wildman–Crippen MR) is 97.1 cm³/mol. The number of benzene rings is 2. The molecule has 27 heavy (non-hydrogen) atoms. The molecular formula is C17H10ClN3O6. The molecule has 0 aliphatic rings. The number of anilines is 1. The molecule has 0 spiro atoms. The van der Waals surface area contributed by atoms with Crippen molar-refractivity contribution >= 4 is 45.9 Å². The van der Waals surface area contributed by atoms with Gasteiger partial charge in [-0.1, -0.05) is 23.7 Å². The largest absolute Gasteiger partial charge is 0.421 e. The summed E-state index contributed by atoms with van der Waals surface area (Å²) >= 11 is 5.88. The van der Waals surface area contributed by atoms with Crippen LogP contribution in [0.3, 0.4) is 0 Å². The summed E-state index contributed by atoms with van der Waals surface area (Å²) in [5, 5.41) is 15.4. The van der Waals surface area contributed by atoms with Gasteiger partial charge in [-0.05, 0) is 24.3 Å². The van der Waals surface area contributed by atoms with Gasteiger partial charge in [0.05, 0.1) is 15.5 Å². The van der Waals surface area contributed by atoms with Crippen molar-refractivity contribution in [2.75, 3.05) is 5.32 Å². The molecule has 2 N–H and O–H groups in total. The lowest BCUT2D eigenvalue weighted by molar-refractivity contribution is -0.384. The number of rotatable bonds is 3. The van der Waals surface area contributed by atoms with Crippen molar-refractivity contribution in [3.05, 3.63) is 79.7 Å². The molecule has 0 saturated carbocycles. The van der Waals surface area contributed by atoms with Gasteiger partial charge < -0.3 is 9.73 Å². The zero-order valence-corrected chi connectivity index (χ0v) is 14.1. The predicted octanol–water partition coefficient (Wildman–Crippen LogP) is 3.32. The van der Waals surface area contributed by atoms with Crippen LogP contribution in [0.1, 0.15) is 10.4 Å². The van der Waals surface area contributed by atoms with Crippen LogP contribution < -0.4 is 16.3 Å². The van der Waals surface area contributed by atoms with Gasteiger partial charge in [-0.3, -0.25) is 20.2 Å². The maximum atomic E-state index is 12.1. The van der Waals surface area contributed by atoms with E-state index in [1.807, 2.05) is 5.32 Å². The number of carbonyl (C=O) groups excluding carboxylic acids is 2. The molecule has 2 aromatic carbocycles. The summed E-state index contributed by atoms with van der Waals surface area (Å²) in [5.41, 5.74) is -1.18. The third-order valence-electron chi connectivity index (χ3n) is 3.52. The van der Waals surface area contributed by atoms with Crippen molar-refractivity contribution in [1.29, 1.82) is 0 Å². The van der Waals surface area contributed by atoms with Gasteiger partial charge in [0, 0.05) is 17.5 Å². The van der Waals surface area contributed by atoms with Gasteiger partial charge in [0.2, 0.25) is 0 Å². The number of amides is 3. The van der Waals surface area contributed by atoms with Crippen LogP contribution in [-0.2, 0) is 0 Å². The number of urea groups is 1. The van der Waals surface area contributed by atoms with Gasteiger partial charge in [-0.15, -0.1) is 0 Å². The molecule has 0 radical (unpaired) electrons. The molecule has 3 rings (SSSR count). The number of nitrogens with zero attached hydrogens (tertiary/aromatic N) is 1. The van der Waals surface area contributed by atoms with E-state index in [4.69, 9.17) is 16.0 Å². The summed E-state index contributed by atoms with van der Waals surface area (Å²) in [7, 11) is 0. The number of carbonyl (C=O) groups is 2. The average molecular weight is 388 g/mol. The number of nitro benzene ring substituents is 1. The second kappa shape index (κ2) is 7.26. The molecule has 136 valence electrons. The average Bonchev–Trinajstić information content (AvgIpc) is 2.62. The third kappa shape index (κ3) is 3.93. The number of nitro groups is 1. The number of fused-ring (bicyclic) bond motifs is 1. The second-order valence-electron chi connectivity index (χ2n) is 5.31. The highest BCUT2D eigenvalue weighted by molar-refractivity contribution is 6.34. The maximum absolute atomic E-state index is 12.1. The number of nitrogens with one attached hydrogen (secondary N) is 2. The number of imide groups is 1. The van der Waals surface area contributed by atoms with Crippen LogP contribution in [0.4, 0.5) is 16.2 Å². The van der Waals surface area contributed by atoms with Crippen molar-refractivity contribution in [3.63, 3.8) is 0 Å². The Hall–Kier alpha value is -3.72. The van der Waals surface area contributed by atoms with Gasteiger partial charge in [0.25, 0.3) is 11.6 Å². The summed E-state index contributed by atoms with van der Waals surface area (Å²) in [6, 6.07) is 9.99. The van der Waals surface area contributed by atoms with Crippen molar-refractivity contribution < 1.29 is 18.9 Å². The lowest BCUT2D eigenvalue weighted by Gasteiger charge is -2.07. The Morgan fingerprint density at radius 2 is 1.85 bits per heavy atom. The zero-order chi connectivity index (χ0) is 19.6. The SMILES string of the molecule is O=C(NC(=O)c1ccccc1Cl)Nc1cc2cc([N+](=O)[O-])ccc2oc1=O. The summed E-state index contributed by atoms with van der Waals surface area (Å²) in [6.07, 6.45) is 0. The number of hydrogen-bond donors (Lipinski definition) is 2. The van der Waals surface area contributed by atoms with E-state index in [1.54, 1.807) is 12.1 Å². The molecule has 0 bridgehead atoms. The van der Waals surface area contributed by atoms with E-state index in [-0.39, 0.29) is 32.9 Å². The zero-order valence-electron chi connectivity index (χ0n) is 13.4. The molecule has 0 saturated heterocycles. The molecule has 9 nitrogen and oxygen atoms in total. The minimum absolute atomic E-state index is 0.0792. The highest BCUT2D eigenvalue weighted by atomic mass is 35.5. The molecule has 0 aliphatic carbocycles. The van der Waals surface area contributed by atoms with Crippen molar-refractivity contribution in [1.82, 2.24) is 5.32 Å². The lowest BCUT2D eigenvalue weighted by atomic mass is 10.2. The van der Waals surface area contributed by atoms with E-state index in [0.29, 0.717) is 0 Å². The number of non-ortho nitro benzene ring substituents is 1. The van der Waals surface area contributed by atoms with Gasteiger partial charge in [0.1, 0.15) is 11.3 Å². The van der Waals surface area contributed by atoms with Crippen LogP contribution in [0.2, 0.25) is 5.02 Å². The molecule has 3 aromatic rings. The second-order valence-corrected chi connectivity index (χ2v) is 5.72. The van der Waals surface area contributed by atoms with Crippen LogP contribution in [0.25, 0.3) is 11.0 Å². The first kappa shape index (κ1) is 18.1. The van der Waals surface area contributed by atoms with Crippen LogP contribution in [0.15, 0.2) is 57.7 Å². The number of halogens is 1. The molecule has 1 aromatic heterocycles. The summed E-state index contributed by atoms with van der Waals surface area (Å²) in [5.74, 6) is -0.765. The van der Waals surface area contributed by atoms with Crippen LogP contribution in [0, 0.1) is 10.1 Å². The Kier molecular flexibility index (Phi) is 4.86. The van der Waals surface area contributed by atoms with Crippen LogP contribution >= 0.6 is 11.6 Å². The van der Waals surface area contributed by atoms with E-state index in [1.165, 1.54) is 36.4 Å². The monoisotopic (exact) mass is 387 g/mol. The van der Waals surface area contributed by atoms with Crippen molar-refractivity contribution in [2.45, 2.75) is 0 Å². The minimum Gasteiger partial charge on any atom is -0.421 e. The van der Waals surface area contributed by atoms with E-state index >= 15 is 0 Å². The fraction of sp³-hybridized carbons (Fsp3) is 0. The van der Waals surface area contributed by atoms with Gasteiger partial charge in [-0.25, -0.2) is 9.59 Å². The standard InChI is InChI=1S/C17H10ClN3O6/c18-12-4-2-1-3-11(12)15(22)20-17(24)19-13-8-9-7-10(21(25)26)5-6-14(9)27-16(13)23/h1-8H,(H2,19,20,22,24). The highest BCUT2D eigenvalue weighted by Crippen LogP contribution is 2.21. The lowest BCUT2D eigenvalue weighted by Crippen LogP contribution is -2.35. The molecule has 0 aliphatic heterocycles. The molecule has 1 heterocycles. The topological polar surface area (TPSA) is 132 Å². The van der Waals surface area contributed by atoms with Crippen molar-refractivity contribution in [2.24, 2.45) is 0 Å². The Balaban J connectivity index is 1.83. The quantitative estimate of drug-likeness (QED) is 0.402. The summed E-state index contributed by atoms with van der Waals surface area (Å²) in [4.78, 5) is 46.2. The van der Waals surface area contributed by atoms with Crippen molar-refractivity contribution in [3.8, 4) is 0 Å². The first-order valence-corrected chi connectivity index (χ1v) is 7.82. The van der Waals surface area contributed by atoms with E-state index in [2.05, 4.69) is 5.32 Å². The van der Waals surface area contributed by atoms with E-state index < -0.39 is 22.5 Å². The molecule has 10 heteroatoms. The summed E-state index contributed by atoms with van der Waals surface area (Å²) < 4.78 is 5.01. The van der Waals surface area contributed by atoms with Crippen LogP contribution in [-0.4, -0.2) is 16.9 Å². The normalized spacial score (nSPS) is 10.4. The smallest absolute Gasteiger partial charge is 0.360 e. The fourth-order valence-corrected chi connectivity index (χ4v) is 2.50. The minimum atomic E-state index is -0.989. The fourth-order valence-electron chi connectivity index (χ4n) is 2.28. The Morgan fingerprint density at radius 3 is 2.56 bits per heavy atom. The van der Waals surface area contributed by atoms with Gasteiger partial charge >= 0.3 is 11.7 Å². The maximum Gasteiger partial charge on any atom is 0.360 e. The molecule has 0 unspecified atom stereocenters. The van der Waals surface area contributed by atoms with E-state index in [9.17, 15) is 24.5 Å². The molecule has 0 atom stereocenters.